The fourth-order valence-corrected chi connectivity index (χ4v) is 5.82. The molecule has 2 saturated carbocycles. The number of ketones is 1. The van der Waals surface area contributed by atoms with E-state index < -0.39 is 11.9 Å². The van der Waals surface area contributed by atoms with Gasteiger partial charge in [-0.25, -0.2) is 9.97 Å². The van der Waals surface area contributed by atoms with Gasteiger partial charge in [0, 0.05) is 37.0 Å². The van der Waals surface area contributed by atoms with Crippen LogP contribution >= 0.6 is 0 Å². The Morgan fingerprint density at radius 2 is 1.83 bits per heavy atom. The second-order valence-electron chi connectivity index (χ2n) is 9.78. The van der Waals surface area contributed by atoms with Crippen LogP contribution < -0.4 is 4.74 Å². The molecule has 0 spiro atoms. The number of aryl methyl sites for hydroxylation is 1. The Bertz CT molecular complexity index is 1470. The number of hydrogen-bond acceptors (Lipinski definition) is 5. The van der Waals surface area contributed by atoms with Crippen molar-refractivity contribution in [2.24, 2.45) is 24.3 Å². The Morgan fingerprint density at radius 3 is 2.61 bits per heavy atom. The van der Waals surface area contributed by atoms with Crippen LogP contribution in [-0.4, -0.2) is 31.9 Å². The van der Waals surface area contributed by atoms with Gasteiger partial charge in [0.15, 0.2) is 17.1 Å². The summed E-state index contributed by atoms with van der Waals surface area (Å²) in [6.45, 7) is 0.136. The van der Waals surface area contributed by atoms with Crippen LogP contribution in [0.5, 0.6) is 5.75 Å². The zero-order valence-corrected chi connectivity index (χ0v) is 19.5. The monoisotopic (exact) mass is 492 g/mol. The van der Waals surface area contributed by atoms with Gasteiger partial charge < -0.3 is 9.30 Å². The fourth-order valence-electron chi connectivity index (χ4n) is 5.82. The minimum absolute atomic E-state index is 0.00360. The summed E-state index contributed by atoms with van der Waals surface area (Å²) in [5, 5.41) is 0. The quantitative estimate of drug-likeness (QED) is 0.322. The molecule has 0 amide bonds. The molecule has 36 heavy (non-hydrogen) atoms. The second kappa shape index (κ2) is 8.15. The molecule has 2 fully saturated rings. The Hall–Kier alpha value is -3.75. The van der Waals surface area contributed by atoms with Crippen molar-refractivity contribution in [3.8, 4) is 17.0 Å². The van der Waals surface area contributed by atoms with Crippen LogP contribution in [0.1, 0.15) is 35.3 Å². The first-order chi connectivity index (χ1) is 17.3. The molecule has 6 nitrogen and oxygen atoms in total. The minimum Gasteiger partial charge on any atom is -0.491 e. The van der Waals surface area contributed by atoms with E-state index in [-0.39, 0.29) is 35.4 Å². The van der Waals surface area contributed by atoms with E-state index in [1.807, 2.05) is 41.9 Å². The zero-order valence-electron chi connectivity index (χ0n) is 19.5. The van der Waals surface area contributed by atoms with Gasteiger partial charge in [-0.15, -0.1) is 0 Å². The molecule has 3 heterocycles. The molecule has 2 aliphatic carbocycles. The molecule has 3 atom stereocenters. The van der Waals surface area contributed by atoms with E-state index >= 15 is 0 Å². The molecule has 3 aromatic heterocycles. The number of benzene rings is 1. The summed E-state index contributed by atoms with van der Waals surface area (Å²) in [5.41, 5.74) is 2.13. The van der Waals surface area contributed by atoms with Gasteiger partial charge in [-0.05, 0) is 42.9 Å². The molecule has 0 aliphatic heterocycles. The number of aromatic nitrogens is 4. The predicted molar refractivity (Wildman–Crippen MR) is 126 cm³/mol. The summed E-state index contributed by atoms with van der Waals surface area (Å²) < 4.78 is 47.5. The van der Waals surface area contributed by atoms with Gasteiger partial charge in [0.05, 0.1) is 17.9 Å². The summed E-state index contributed by atoms with van der Waals surface area (Å²) in [6.07, 6.45) is 1.82. The predicted octanol–water partition coefficient (Wildman–Crippen LogP) is 5.73. The lowest BCUT2D eigenvalue weighted by atomic mass is 9.89. The van der Waals surface area contributed by atoms with Crippen LogP contribution in [0.25, 0.3) is 22.4 Å². The lowest BCUT2D eigenvalue weighted by molar-refractivity contribution is -0.142. The third kappa shape index (κ3) is 3.65. The average Bonchev–Trinajstić information content (AvgIpc) is 3.29. The number of carbonyl (C=O) groups excluding carboxylic acids is 1. The van der Waals surface area contributed by atoms with Crippen LogP contribution in [-0.2, 0) is 13.2 Å². The Kier molecular flexibility index (Phi) is 5.14. The molecule has 0 radical (unpaired) electrons. The van der Waals surface area contributed by atoms with Crippen LogP contribution in [0.3, 0.4) is 0 Å². The van der Waals surface area contributed by atoms with Crippen molar-refractivity contribution in [3.63, 3.8) is 0 Å². The number of pyridine rings is 1. The number of hydrogen-bond donors (Lipinski definition) is 0. The van der Waals surface area contributed by atoms with Crippen LogP contribution in [0, 0.1) is 17.3 Å². The third-order valence-electron chi connectivity index (χ3n) is 7.61. The molecule has 6 rings (SSSR count). The molecule has 0 bridgehead atoms. The van der Waals surface area contributed by atoms with Gasteiger partial charge in [0.25, 0.3) is 0 Å². The number of alkyl halides is 3. The summed E-state index contributed by atoms with van der Waals surface area (Å²) in [5.74, 6) is -0.267. The molecule has 0 N–H and O–H groups in total. The van der Waals surface area contributed by atoms with Gasteiger partial charge in [-0.2, -0.15) is 13.2 Å². The van der Waals surface area contributed by atoms with E-state index in [4.69, 9.17) is 4.74 Å². The Morgan fingerprint density at radius 1 is 1.06 bits per heavy atom. The van der Waals surface area contributed by atoms with E-state index in [0.29, 0.717) is 29.6 Å². The average molecular weight is 493 g/mol. The number of halogens is 3. The molecule has 4 aromatic rings. The normalized spacial score (nSPS) is 23.0. The molecule has 0 saturated heterocycles. The van der Waals surface area contributed by atoms with Crippen LogP contribution in [0.4, 0.5) is 13.2 Å². The third-order valence-corrected chi connectivity index (χ3v) is 7.61. The van der Waals surface area contributed by atoms with Crippen LogP contribution in [0.15, 0.2) is 61.1 Å². The lowest BCUT2D eigenvalue weighted by Gasteiger charge is -2.19. The maximum atomic E-state index is 14.0. The van der Waals surface area contributed by atoms with Crippen molar-refractivity contribution >= 4 is 16.9 Å². The zero-order chi connectivity index (χ0) is 25.1. The van der Waals surface area contributed by atoms with Crippen molar-refractivity contribution in [1.29, 1.82) is 0 Å². The number of nitrogens with zero attached hydrogens (tertiary/aromatic N) is 4. The molecule has 1 aromatic carbocycles. The highest BCUT2D eigenvalue weighted by molar-refractivity contribution is 6.12. The van der Waals surface area contributed by atoms with Crippen molar-refractivity contribution < 1.29 is 22.7 Å². The Labute approximate surface area is 205 Å². The lowest BCUT2D eigenvalue weighted by Crippen LogP contribution is -2.20. The highest BCUT2D eigenvalue weighted by Crippen LogP contribution is 2.66. The highest BCUT2D eigenvalue weighted by atomic mass is 19.4. The van der Waals surface area contributed by atoms with Gasteiger partial charge in [0.1, 0.15) is 11.3 Å². The van der Waals surface area contributed by atoms with Gasteiger partial charge in [-0.3, -0.25) is 9.78 Å². The number of fused-ring (bicyclic) bond motifs is 2. The molecule has 2 aliphatic rings. The van der Waals surface area contributed by atoms with Crippen molar-refractivity contribution in [2.75, 3.05) is 6.61 Å². The summed E-state index contributed by atoms with van der Waals surface area (Å²) in [6, 6.07) is 12.4. The number of rotatable bonds is 6. The fraction of sp³-hybridized carbons (Fsp3) is 0.333. The van der Waals surface area contributed by atoms with E-state index in [1.54, 1.807) is 12.4 Å². The first-order valence-electron chi connectivity index (χ1n) is 11.8. The Balaban J connectivity index is 1.28. The number of ether oxygens (including phenoxy) is 1. The number of carbonyl (C=O) groups is 1. The highest BCUT2D eigenvalue weighted by Gasteiger charge is 2.62. The summed E-state index contributed by atoms with van der Waals surface area (Å²) >= 11 is 0. The molecular formula is C27H23F3N4O2. The van der Waals surface area contributed by atoms with Crippen molar-refractivity contribution in [1.82, 2.24) is 19.5 Å². The second-order valence-corrected chi connectivity index (χ2v) is 9.78. The van der Waals surface area contributed by atoms with Gasteiger partial charge >= 0.3 is 6.18 Å². The minimum atomic E-state index is -4.59. The molecule has 184 valence electrons. The molecule has 9 heteroatoms. The van der Waals surface area contributed by atoms with E-state index in [1.165, 1.54) is 12.1 Å². The van der Waals surface area contributed by atoms with Crippen LogP contribution in [0.2, 0.25) is 0 Å². The maximum absolute atomic E-state index is 14.0. The van der Waals surface area contributed by atoms with Crippen molar-refractivity contribution in [2.45, 2.75) is 25.4 Å². The first kappa shape index (κ1) is 22.7. The largest absolute Gasteiger partial charge is 0.491 e. The standard InChI is InChI=1S/C27H23F3N4O2/c1-34-22(16-6-3-2-4-7-16)20(21-25(34)33-11-10-31-21)23(35)17-12-18-14-26(18,13-17)15-36-19-8-5-9-32-24(19)27(28,29)30/h2-11,17-18H,12-15H2,1H3. The topological polar surface area (TPSA) is 69.9 Å². The van der Waals surface area contributed by atoms with Gasteiger partial charge in [0.2, 0.25) is 0 Å². The van der Waals surface area contributed by atoms with E-state index in [2.05, 4.69) is 15.0 Å². The van der Waals surface area contributed by atoms with E-state index in [0.717, 1.165) is 23.9 Å². The van der Waals surface area contributed by atoms with Gasteiger partial charge in [-0.1, -0.05) is 30.3 Å². The smallest absolute Gasteiger partial charge is 0.437 e. The summed E-state index contributed by atoms with van der Waals surface area (Å²) in [7, 11) is 1.88. The maximum Gasteiger partial charge on any atom is 0.437 e. The summed E-state index contributed by atoms with van der Waals surface area (Å²) in [4.78, 5) is 26.4. The molecule has 3 unspecified atom stereocenters. The van der Waals surface area contributed by atoms with E-state index in [9.17, 15) is 18.0 Å². The molecular weight excluding hydrogens is 469 g/mol. The SMILES string of the molecule is Cn1c(-c2ccccc2)c(C(=O)C2CC3CC3(COc3cccnc3C(F)(F)F)C2)c2nccnc21. The van der Waals surface area contributed by atoms with Crippen molar-refractivity contribution in [3.05, 3.63) is 72.3 Å². The first-order valence-corrected chi connectivity index (χ1v) is 11.8. The number of Topliss-reactive ketones (excluding diaryl/α,β-unsaturated/α-hetero) is 1.